The Hall–Kier alpha value is -13.6. The monoisotopic (exact) mass is 1850 g/mol. The summed E-state index contributed by atoms with van der Waals surface area (Å²) in [5, 5.41) is 19.3. The second-order valence-electron chi connectivity index (χ2n) is 33.7. The zero-order valence-electron chi connectivity index (χ0n) is 74.4. The van der Waals surface area contributed by atoms with Crippen LogP contribution in [0.5, 0.6) is 0 Å². The number of hydrogen-bond acceptors (Lipinski definition) is 26. The highest BCUT2D eigenvalue weighted by Crippen LogP contribution is 2.32. The lowest BCUT2D eigenvalue weighted by atomic mass is 10.1. The van der Waals surface area contributed by atoms with Crippen LogP contribution in [0.3, 0.4) is 0 Å². The average molecular weight is 1850 g/mol. The number of benzene rings is 6. The summed E-state index contributed by atoms with van der Waals surface area (Å²) in [5.41, 5.74) is 21.8. The van der Waals surface area contributed by atoms with Crippen LogP contribution in [-0.4, -0.2) is 254 Å². The van der Waals surface area contributed by atoms with Crippen LogP contribution in [0.1, 0.15) is 100 Å². The van der Waals surface area contributed by atoms with Gasteiger partial charge in [-0.3, -0.25) is 62.7 Å². The molecule has 0 spiro atoms. The van der Waals surface area contributed by atoms with Gasteiger partial charge in [0.25, 0.3) is 17.7 Å². The van der Waals surface area contributed by atoms with Crippen molar-refractivity contribution in [2.75, 3.05) is 148 Å². The number of carboxylic acid groups (broad SMARTS) is 1. The molecular weight excluding hydrogens is 1750 g/mol. The van der Waals surface area contributed by atoms with Gasteiger partial charge in [-0.15, -0.1) is 0 Å². The van der Waals surface area contributed by atoms with Crippen LogP contribution in [0.2, 0.25) is 0 Å². The number of pyridine rings is 3. The molecule has 39 heteroatoms. The van der Waals surface area contributed by atoms with Crippen molar-refractivity contribution in [1.29, 1.82) is 0 Å². The third-order valence-corrected chi connectivity index (χ3v) is 26.2. The molecule has 6 aromatic carbocycles. The van der Waals surface area contributed by atoms with Crippen molar-refractivity contribution >= 4 is 108 Å². The molecule has 35 nitrogen and oxygen atoms in total. The number of piperazine rings is 3. The van der Waals surface area contributed by atoms with Gasteiger partial charge in [0.1, 0.15) is 16.7 Å². The number of aromatic nitrogens is 9. The third kappa shape index (κ3) is 22.3. The first-order chi connectivity index (χ1) is 64.7. The van der Waals surface area contributed by atoms with E-state index in [-0.39, 0.29) is 58.4 Å². The predicted molar refractivity (Wildman–Crippen MR) is 498 cm³/mol. The first-order valence-corrected chi connectivity index (χ1v) is 46.2. The number of carbonyl (C=O) groups excluding carboxylic acids is 4. The molecule has 6 aromatic heterocycles. The van der Waals surface area contributed by atoms with Gasteiger partial charge in [-0.2, -0.15) is 32.4 Å². The van der Waals surface area contributed by atoms with Gasteiger partial charge in [0, 0.05) is 169 Å². The van der Waals surface area contributed by atoms with Crippen LogP contribution in [-0.2, 0) is 91.9 Å². The number of hydrogen-bond donors (Lipinski definition) is 7. The number of nitrogens with zero attached hydrogens (tertiary/aromatic N) is 15. The summed E-state index contributed by atoms with van der Waals surface area (Å²) in [5.74, 6) is -3.62. The number of amides is 4. The number of alkyl halides is 3. The van der Waals surface area contributed by atoms with E-state index < -0.39 is 62.1 Å². The molecule has 3 aliphatic heterocycles. The molecule has 7 N–H and O–H groups in total. The lowest BCUT2D eigenvalue weighted by Crippen LogP contribution is -2.52. The van der Waals surface area contributed by atoms with Gasteiger partial charge in [0.2, 0.25) is 44.2 Å². The highest BCUT2D eigenvalue weighted by atomic mass is 32.2. The summed E-state index contributed by atoms with van der Waals surface area (Å²) >= 11 is 0. The van der Waals surface area contributed by atoms with Gasteiger partial charge in [-0.25, -0.2) is 39.8 Å². The number of nitrogens with one attached hydrogen (secondary N) is 6. The lowest BCUT2D eigenvalue weighted by molar-refractivity contribution is -0.187. The van der Waals surface area contributed by atoms with E-state index in [0.717, 1.165) is 167 Å². The fourth-order valence-corrected chi connectivity index (χ4v) is 18.5. The van der Waals surface area contributed by atoms with Crippen LogP contribution < -0.4 is 48.7 Å². The minimum absolute atomic E-state index is 0.0505. The summed E-state index contributed by atoms with van der Waals surface area (Å²) < 4.78 is 68.4. The molecule has 0 atom stereocenters. The SMILES string of the molecule is CONC(=O)c1cn(-c2ccc3c(c2)CCC3)c2nc(Nc3ccc(CCN4CCN(C(=O)C(F)(F)F)CC4)cc3)ncc2c1=O.CONC(=O)c1cn(-c2ccc3c(c2)CCC3)c2nc(Nc3ccc(CCN4CCN(CC(=O)O)CC4)cc3)ncc2c1=O.CONC(=O)c1cn(-c2ccc3c(c2)CCC3)c2nc(Nc3ccc(CCN4CCN(S(C)(=O)=O)CC4)cc3)ncc2c1=O. The molecule has 3 saturated heterocycles. The van der Waals surface area contributed by atoms with E-state index in [4.69, 9.17) is 29.6 Å². The van der Waals surface area contributed by atoms with E-state index in [0.29, 0.717) is 73.7 Å². The van der Waals surface area contributed by atoms with Crippen molar-refractivity contribution in [2.45, 2.75) is 83.2 Å². The summed E-state index contributed by atoms with van der Waals surface area (Å²) in [6, 6.07) is 42.1. The Bertz CT molecular complexity index is 6720. The minimum Gasteiger partial charge on any atom is -0.480 e. The second kappa shape index (κ2) is 41.7. The van der Waals surface area contributed by atoms with Crippen molar-refractivity contribution in [1.82, 2.24) is 88.9 Å². The Morgan fingerprint density at radius 1 is 0.410 bits per heavy atom. The molecule has 9 heterocycles. The third-order valence-electron chi connectivity index (χ3n) is 24.9. The molecule has 0 radical (unpaired) electrons. The summed E-state index contributed by atoms with van der Waals surface area (Å²) in [7, 11) is 0.792. The Labute approximate surface area is 768 Å². The normalized spacial score (nSPS) is 15.4. The van der Waals surface area contributed by atoms with E-state index in [1.165, 1.54) is 108 Å². The van der Waals surface area contributed by atoms with Gasteiger partial charge in [-0.1, -0.05) is 54.6 Å². The largest absolute Gasteiger partial charge is 0.480 e. The summed E-state index contributed by atoms with van der Waals surface area (Å²) in [6.45, 7) is 9.13. The zero-order chi connectivity index (χ0) is 93.9. The minimum atomic E-state index is -4.84. The van der Waals surface area contributed by atoms with Crippen LogP contribution in [0.15, 0.2) is 179 Å². The maximum atomic E-state index is 13.3. The second-order valence-corrected chi connectivity index (χ2v) is 35.7. The number of rotatable bonds is 27. The van der Waals surface area contributed by atoms with Gasteiger partial charge >= 0.3 is 18.1 Å². The number of carboxylic acids is 1. The Balaban J connectivity index is 0.000000146. The number of halogens is 3. The molecule has 3 fully saturated rings. The highest BCUT2D eigenvalue weighted by molar-refractivity contribution is 7.88. The van der Waals surface area contributed by atoms with Gasteiger partial charge in [-0.05, 0) is 200 Å². The lowest BCUT2D eigenvalue weighted by Gasteiger charge is -2.34. The van der Waals surface area contributed by atoms with Crippen molar-refractivity contribution in [3.05, 3.63) is 262 Å². The predicted octanol–water partition coefficient (Wildman–Crippen LogP) is 8.53. The fraction of sp³-hybridized carbons (Fsp3) is 0.347. The molecule has 6 aliphatic rings. The molecule has 4 amide bonds. The topological polar surface area (TPSA) is 402 Å². The standard InChI is InChI=1S/C32H32F3N7O4.C32H35N7O5.C31H35N7O5S/c1-46-39-29(44)26-19-42(24-10-7-21-3-2-4-22(21)17-24)28-25(27(26)43)18-36-31(38-28)37-23-8-5-20(6-9-23)11-12-40-13-15-41(16-14-40)30(45)32(33,34)35;1-44-36-31(43)27-19-39(25-10-7-22-3-2-4-23(22)17-25)30-26(29(27)42)18-33-32(35-30)34-24-8-5-21(6-9-24)11-12-37-13-15-38(16-14-37)20-28(40)41;1-43-35-30(40)27-20-38(25-11-8-22-4-3-5-23(22)18-25)29-26(28(27)39)19-32-31(34-29)33-24-9-6-21(7-10-24)12-13-36-14-16-37(17-15-36)44(2,41)42/h5-10,17-19H,2-4,11-16H2,1H3,(H,39,44)(H,36,37,38);5-10,17-19H,2-4,11-16,20H2,1H3,(H,36,43)(H,40,41)(H,33,34,35);6-11,18-20H,3-5,12-17H2,1-2H3,(H,35,40)(H,32,33,34). The van der Waals surface area contributed by atoms with Crippen LogP contribution in [0, 0.1) is 0 Å². The number of carbonyl (C=O) groups is 5. The molecule has 12 aromatic rings. The van der Waals surface area contributed by atoms with E-state index in [1.807, 2.05) is 88.7 Å². The maximum absolute atomic E-state index is 13.3. The number of aryl methyl sites for hydroxylation is 6. The van der Waals surface area contributed by atoms with Crippen molar-refractivity contribution < 1.29 is 65.2 Å². The summed E-state index contributed by atoms with van der Waals surface area (Å²) in [6.07, 6.45) is 16.9. The number of sulfonamides is 1. The van der Waals surface area contributed by atoms with Gasteiger partial charge in [0.15, 0.2) is 16.9 Å². The number of aliphatic carboxylic acids is 1. The number of fused-ring (bicyclic) bond motifs is 6. The quantitative estimate of drug-likeness (QED) is 0.0237. The number of anilines is 6. The molecule has 134 heavy (non-hydrogen) atoms. The average Bonchev–Trinajstić information content (AvgIpc) is 1.06. The first-order valence-electron chi connectivity index (χ1n) is 44.3. The van der Waals surface area contributed by atoms with Crippen molar-refractivity contribution in [3.63, 3.8) is 0 Å². The summed E-state index contributed by atoms with van der Waals surface area (Å²) in [4.78, 5) is 151. The van der Waals surface area contributed by atoms with E-state index in [9.17, 15) is 59.9 Å². The highest BCUT2D eigenvalue weighted by Gasteiger charge is 2.43. The molecule has 3 aliphatic carbocycles. The maximum Gasteiger partial charge on any atom is 0.471 e. The zero-order valence-corrected chi connectivity index (χ0v) is 75.2. The smallest absolute Gasteiger partial charge is 0.471 e. The Morgan fingerprint density at radius 3 is 1.01 bits per heavy atom. The fourth-order valence-electron chi connectivity index (χ4n) is 17.7. The van der Waals surface area contributed by atoms with Crippen molar-refractivity contribution in [3.8, 4) is 17.1 Å². The van der Waals surface area contributed by atoms with E-state index in [1.54, 1.807) is 13.7 Å². The molecule has 0 bridgehead atoms. The molecular formula is C95H102F3N21O14S. The molecule has 18 rings (SSSR count). The van der Waals surface area contributed by atoms with Crippen LogP contribution >= 0.6 is 0 Å². The Kier molecular flexibility index (Phi) is 29.1. The molecule has 0 unspecified atom stereocenters. The molecule has 0 saturated carbocycles. The van der Waals surface area contributed by atoms with E-state index >= 15 is 0 Å². The van der Waals surface area contributed by atoms with Crippen molar-refractivity contribution in [2.24, 2.45) is 0 Å². The molecule has 698 valence electrons. The van der Waals surface area contributed by atoms with Crippen LogP contribution in [0.25, 0.3) is 50.2 Å². The van der Waals surface area contributed by atoms with Gasteiger partial charge < -0.3 is 49.5 Å². The van der Waals surface area contributed by atoms with Gasteiger partial charge in [0.05, 0.1) is 50.3 Å². The Morgan fingerprint density at radius 2 is 0.709 bits per heavy atom. The first kappa shape index (κ1) is 93.6. The van der Waals surface area contributed by atoms with Crippen LogP contribution in [0.4, 0.5) is 48.1 Å². The number of hydroxylamine groups is 3. The van der Waals surface area contributed by atoms with E-state index in [2.05, 4.69) is 111 Å².